The molecule has 2 unspecified atom stereocenters. The molecule has 2 aromatic rings. The summed E-state index contributed by atoms with van der Waals surface area (Å²) in [6.45, 7) is 4.80. The Hall–Kier alpha value is -2.84. The third-order valence-corrected chi connectivity index (χ3v) is 4.46. The van der Waals surface area contributed by atoms with Crippen LogP contribution in [0.15, 0.2) is 27.7 Å². The van der Waals surface area contributed by atoms with Crippen molar-refractivity contribution in [3.8, 4) is 5.88 Å². The van der Waals surface area contributed by atoms with E-state index >= 15 is 0 Å². The number of H-pyrrole nitrogens is 1. The van der Waals surface area contributed by atoms with Crippen LogP contribution in [0.4, 0.5) is 0 Å². The van der Waals surface area contributed by atoms with Crippen molar-refractivity contribution in [2.24, 2.45) is 0 Å². The summed E-state index contributed by atoms with van der Waals surface area (Å²) in [7, 11) is 0. The van der Waals surface area contributed by atoms with Crippen molar-refractivity contribution in [2.75, 3.05) is 6.61 Å². The standard InChI is InChI=1S/C15H17N5O4/c1-8-6-20-14(23-7-8)10(5-16-20)13(21)17-11-4-2-3-9(11)12-18-15(22)24-19-12/h5,9,11H,1-4,6-7H2,(H,17,21)(H,18,19,22). The Morgan fingerprint density at radius 3 is 3.12 bits per heavy atom. The number of aromatic nitrogens is 4. The van der Waals surface area contributed by atoms with E-state index in [1.807, 2.05) is 0 Å². The zero-order valence-electron chi connectivity index (χ0n) is 12.9. The molecule has 4 rings (SSSR count). The van der Waals surface area contributed by atoms with Gasteiger partial charge in [0.2, 0.25) is 5.88 Å². The van der Waals surface area contributed by atoms with E-state index in [2.05, 4.69) is 31.7 Å². The monoisotopic (exact) mass is 331 g/mol. The molecule has 0 radical (unpaired) electrons. The molecule has 2 atom stereocenters. The molecular formula is C15H17N5O4. The summed E-state index contributed by atoms with van der Waals surface area (Å²) < 4.78 is 11.8. The van der Waals surface area contributed by atoms with Gasteiger partial charge in [-0.15, -0.1) is 0 Å². The van der Waals surface area contributed by atoms with Gasteiger partial charge in [0, 0.05) is 12.0 Å². The second-order valence-corrected chi connectivity index (χ2v) is 6.16. The minimum absolute atomic E-state index is 0.0625. The summed E-state index contributed by atoms with van der Waals surface area (Å²) in [5, 5.41) is 10.9. The largest absolute Gasteiger partial charge is 0.473 e. The molecule has 0 spiro atoms. The van der Waals surface area contributed by atoms with Gasteiger partial charge in [-0.1, -0.05) is 18.2 Å². The lowest BCUT2D eigenvalue weighted by Gasteiger charge is -2.20. The van der Waals surface area contributed by atoms with E-state index in [0.717, 1.165) is 24.8 Å². The molecule has 3 heterocycles. The molecule has 9 nitrogen and oxygen atoms in total. The first-order chi connectivity index (χ1) is 11.6. The van der Waals surface area contributed by atoms with Gasteiger partial charge in [-0.05, 0) is 18.4 Å². The van der Waals surface area contributed by atoms with Crippen molar-refractivity contribution in [2.45, 2.75) is 37.8 Å². The lowest BCUT2D eigenvalue weighted by Crippen LogP contribution is -2.37. The van der Waals surface area contributed by atoms with Crippen LogP contribution in [0.3, 0.4) is 0 Å². The van der Waals surface area contributed by atoms with Crippen LogP contribution in [0.1, 0.15) is 41.4 Å². The maximum absolute atomic E-state index is 12.6. The molecule has 9 heteroatoms. The Bertz CT molecular complexity index is 848. The Labute approximate surface area is 136 Å². The molecule has 0 bridgehead atoms. The van der Waals surface area contributed by atoms with Gasteiger partial charge in [0.15, 0.2) is 5.82 Å². The van der Waals surface area contributed by atoms with Crippen LogP contribution < -0.4 is 15.8 Å². The smallest absolute Gasteiger partial charge is 0.438 e. The van der Waals surface area contributed by atoms with E-state index in [4.69, 9.17) is 4.74 Å². The summed E-state index contributed by atoms with van der Waals surface area (Å²) in [4.78, 5) is 26.3. The Morgan fingerprint density at radius 2 is 2.33 bits per heavy atom. The number of amides is 1. The molecule has 0 aromatic carbocycles. The van der Waals surface area contributed by atoms with E-state index in [-0.39, 0.29) is 17.9 Å². The van der Waals surface area contributed by atoms with Gasteiger partial charge in [0.05, 0.1) is 12.7 Å². The van der Waals surface area contributed by atoms with Crippen LogP contribution in [0.25, 0.3) is 0 Å². The number of nitrogens with one attached hydrogen (secondary N) is 2. The fourth-order valence-electron chi connectivity index (χ4n) is 3.33. The van der Waals surface area contributed by atoms with Gasteiger partial charge in [-0.25, -0.2) is 9.48 Å². The number of hydrogen-bond acceptors (Lipinski definition) is 6. The van der Waals surface area contributed by atoms with Gasteiger partial charge in [0.1, 0.15) is 12.2 Å². The molecule has 2 aromatic heterocycles. The summed E-state index contributed by atoms with van der Waals surface area (Å²) in [6.07, 6.45) is 4.08. The van der Waals surface area contributed by atoms with Gasteiger partial charge >= 0.3 is 5.76 Å². The van der Waals surface area contributed by atoms with Crippen LogP contribution >= 0.6 is 0 Å². The highest BCUT2D eigenvalue weighted by molar-refractivity contribution is 5.96. The van der Waals surface area contributed by atoms with E-state index in [1.165, 1.54) is 6.20 Å². The Morgan fingerprint density at radius 1 is 1.46 bits per heavy atom. The number of nitrogens with zero attached hydrogens (tertiary/aromatic N) is 3. The molecule has 24 heavy (non-hydrogen) atoms. The van der Waals surface area contributed by atoms with Crippen LogP contribution in [0.2, 0.25) is 0 Å². The van der Waals surface area contributed by atoms with E-state index in [0.29, 0.717) is 30.4 Å². The minimum atomic E-state index is -0.582. The van der Waals surface area contributed by atoms with Gasteiger partial charge < -0.3 is 10.1 Å². The van der Waals surface area contributed by atoms with Crippen molar-refractivity contribution >= 4 is 5.91 Å². The number of hydrogen-bond donors (Lipinski definition) is 2. The number of carbonyl (C=O) groups excluding carboxylic acids is 1. The molecule has 1 aliphatic heterocycles. The zero-order chi connectivity index (χ0) is 16.7. The van der Waals surface area contributed by atoms with Gasteiger partial charge in [-0.2, -0.15) is 5.10 Å². The number of carbonyl (C=O) groups is 1. The first-order valence-electron chi connectivity index (χ1n) is 7.84. The Balaban J connectivity index is 1.52. The molecule has 1 fully saturated rings. The minimum Gasteiger partial charge on any atom is -0.473 e. The summed E-state index contributed by atoms with van der Waals surface area (Å²) >= 11 is 0. The predicted molar refractivity (Wildman–Crippen MR) is 81.8 cm³/mol. The second kappa shape index (κ2) is 5.66. The van der Waals surface area contributed by atoms with E-state index in [9.17, 15) is 9.59 Å². The van der Waals surface area contributed by atoms with Crippen molar-refractivity contribution in [3.05, 3.63) is 40.3 Å². The summed E-state index contributed by atoms with van der Waals surface area (Å²) in [5.74, 6) is 0.0528. The third kappa shape index (κ3) is 2.51. The molecule has 2 aliphatic rings. The average molecular weight is 331 g/mol. The van der Waals surface area contributed by atoms with Gasteiger partial charge in [-0.3, -0.25) is 14.3 Å². The highest BCUT2D eigenvalue weighted by Crippen LogP contribution is 2.33. The SMILES string of the molecule is C=C1COc2c(C(=O)NC3CCCC3c3noc(=O)[nH]3)cnn2C1. The molecule has 0 saturated heterocycles. The first kappa shape index (κ1) is 14.7. The second-order valence-electron chi connectivity index (χ2n) is 6.16. The van der Waals surface area contributed by atoms with Crippen molar-refractivity contribution in [1.82, 2.24) is 25.2 Å². The molecule has 1 amide bonds. The number of ether oxygens (including phenoxy) is 1. The first-order valence-corrected chi connectivity index (χ1v) is 7.84. The predicted octanol–water partition coefficient (Wildman–Crippen LogP) is 0.574. The zero-order valence-corrected chi connectivity index (χ0v) is 12.9. The van der Waals surface area contributed by atoms with Crippen molar-refractivity contribution in [1.29, 1.82) is 0 Å². The Kier molecular flexibility index (Phi) is 3.47. The van der Waals surface area contributed by atoms with E-state index in [1.54, 1.807) is 4.68 Å². The van der Waals surface area contributed by atoms with Crippen LogP contribution in [0, 0.1) is 0 Å². The maximum Gasteiger partial charge on any atom is 0.438 e. The highest BCUT2D eigenvalue weighted by atomic mass is 16.5. The molecular weight excluding hydrogens is 314 g/mol. The lowest BCUT2D eigenvalue weighted by molar-refractivity contribution is 0.0928. The fraction of sp³-hybridized carbons (Fsp3) is 0.467. The summed E-state index contributed by atoms with van der Waals surface area (Å²) in [5.41, 5.74) is 1.31. The van der Waals surface area contributed by atoms with Crippen LogP contribution in [0.5, 0.6) is 5.88 Å². The lowest BCUT2D eigenvalue weighted by atomic mass is 10.0. The quantitative estimate of drug-likeness (QED) is 0.795. The molecule has 1 aliphatic carbocycles. The van der Waals surface area contributed by atoms with Gasteiger partial charge in [0.25, 0.3) is 5.91 Å². The summed E-state index contributed by atoms with van der Waals surface area (Å²) in [6, 6.07) is -0.118. The molecule has 2 N–H and O–H groups in total. The number of fused-ring (bicyclic) bond motifs is 1. The average Bonchev–Trinajstić information content (AvgIpc) is 3.25. The van der Waals surface area contributed by atoms with Crippen LogP contribution in [-0.2, 0) is 6.54 Å². The van der Waals surface area contributed by atoms with Crippen molar-refractivity contribution in [3.63, 3.8) is 0 Å². The van der Waals surface area contributed by atoms with E-state index < -0.39 is 5.76 Å². The highest BCUT2D eigenvalue weighted by Gasteiger charge is 2.34. The van der Waals surface area contributed by atoms with Crippen molar-refractivity contribution < 1.29 is 14.1 Å². The number of aromatic amines is 1. The molecule has 1 saturated carbocycles. The molecule has 126 valence electrons. The third-order valence-electron chi connectivity index (χ3n) is 4.46. The topological polar surface area (TPSA) is 115 Å². The number of rotatable bonds is 3. The maximum atomic E-state index is 12.6. The normalized spacial score (nSPS) is 22.9. The fourth-order valence-corrected chi connectivity index (χ4v) is 3.33. The van der Waals surface area contributed by atoms with Crippen LogP contribution in [-0.4, -0.2) is 38.5 Å².